The fraction of sp³-hybridized carbons (Fsp3) is 0.222. The maximum atomic E-state index is 12.9. The Bertz CT molecular complexity index is 1360. The number of rotatable bonds is 6. The van der Waals surface area contributed by atoms with Gasteiger partial charge in [-0.25, -0.2) is 9.97 Å². The van der Waals surface area contributed by atoms with Gasteiger partial charge in [0.15, 0.2) is 0 Å². The Labute approximate surface area is 218 Å². The van der Waals surface area contributed by atoms with E-state index in [1.165, 1.54) is 0 Å². The number of nitrogens with one attached hydrogen (secondary N) is 1. The number of carbonyl (C=O) groups excluding carboxylic acids is 1. The number of amides is 1. The van der Waals surface area contributed by atoms with Gasteiger partial charge in [-0.1, -0.05) is 47.5 Å². The van der Waals surface area contributed by atoms with Crippen molar-refractivity contribution >= 4 is 62.4 Å². The van der Waals surface area contributed by atoms with Crippen LogP contribution in [0.5, 0.6) is 0 Å². The molecule has 4 aromatic rings. The first-order valence-corrected chi connectivity index (χ1v) is 13.1. The number of benzene rings is 2. The van der Waals surface area contributed by atoms with E-state index in [0.717, 1.165) is 64.5 Å². The molecule has 0 atom stereocenters. The summed E-state index contributed by atoms with van der Waals surface area (Å²) in [5.41, 5.74) is 6.45. The van der Waals surface area contributed by atoms with E-state index >= 15 is 0 Å². The lowest BCUT2D eigenvalue weighted by Crippen LogP contribution is -2.33. The molecule has 5 nitrogen and oxygen atoms in total. The molecule has 1 aliphatic heterocycles. The van der Waals surface area contributed by atoms with E-state index in [1.807, 2.05) is 41.9 Å². The van der Waals surface area contributed by atoms with Crippen LogP contribution >= 0.6 is 34.5 Å². The Morgan fingerprint density at radius 3 is 2.66 bits per heavy atom. The molecule has 0 aliphatic carbocycles. The Morgan fingerprint density at radius 1 is 1.09 bits per heavy atom. The number of hydrogen-bond acceptors (Lipinski definition) is 5. The predicted octanol–water partition coefficient (Wildman–Crippen LogP) is 7.14. The van der Waals surface area contributed by atoms with Gasteiger partial charge in [0.2, 0.25) is 0 Å². The predicted molar refractivity (Wildman–Crippen MR) is 146 cm³/mol. The smallest absolute Gasteiger partial charge is 0.255 e. The van der Waals surface area contributed by atoms with Crippen LogP contribution in [0.2, 0.25) is 10.2 Å². The number of fused-ring (bicyclic) bond motifs is 1. The van der Waals surface area contributed by atoms with E-state index in [0.29, 0.717) is 16.6 Å². The Hall–Kier alpha value is -2.77. The molecule has 2 aromatic carbocycles. The van der Waals surface area contributed by atoms with Crippen molar-refractivity contribution in [1.29, 1.82) is 0 Å². The monoisotopic (exact) mass is 522 g/mol. The summed E-state index contributed by atoms with van der Waals surface area (Å²) >= 11 is 13.6. The number of likely N-dealkylation sites (tertiary alicyclic amines) is 1. The molecular formula is C27H24Cl2N4OS. The van der Waals surface area contributed by atoms with Crippen molar-refractivity contribution in [3.05, 3.63) is 93.2 Å². The van der Waals surface area contributed by atoms with Crippen LogP contribution in [0, 0.1) is 0 Å². The Kier molecular flexibility index (Phi) is 7.44. The van der Waals surface area contributed by atoms with Crippen molar-refractivity contribution in [3.63, 3.8) is 0 Å². The van der Waals surface area contributed by atoms with Crippen molar-refractivity contribution in [3.8, 4) is 0 Å². The Balaban J connectivity index is 1.29. The average Bonchev–Trinajstić information content (AvgIpc) is 3.35. The molecule has 0 saturated carbocycles. The number of aromatic nitrogens is 2. The minimum absolute atomic E-state index is 0.199. The van der Waals surface area contributed by atoms with E-state index in [4.69, 9.17) is 23.2 Å². The van der Waals surface area contributed by atoms with Crippen LogP contribution in [0.1, 0.15) is 40.2 Å². The topological polar surface area (TPSA) is 58.1 Å². The molecule has 1 fully saturated rings. The summed E-state index contributed by atoms with van der Waals surface area (Å²) in [4.78, 5) is 24.0. The van der Waals surface area contributed by atoms with Gasteiger partial charge >= 0.3 is 0 Å². The molecule has 0 spiro atoms. The average molecular weight is 523 g/mol. The molecule has 3 heterocycles. The summed E-state index contributed by atoms with van der Waals surface area (Å²) in [5.74, 6) is 0.128. The SMILES string of the molecule is O=C(Nc1ccc2scnc2c1C1CCN(CC=Cc2ccc(Cl)cc2)CC1)c1ccnc(Cl)c1. The zero-order valence-electron chi connectivity index (χ0n) is 19.0. The number of thiazole rings is 1. The van der Waals surface area contributed by atoms with Crippen molar-refractivity contribution in [2.24, 2.45) is 0 Å². The summed E-state index contributed by atoms with van der Waals surface area (Å²) in [6, 6.07) is 15.1. The van der Waals surface area contributed by atoms with Crippen LogP contribution in [0.3, 0.4) is 0 Å². The molecule has 35 heavy (non-hydrogen) atoms. The van der Waals surface area contributed by atoms with Crippen molar-refractivity contribution < 1.29 is 4.79 Å². The molecule has 8 heteroatoms. The highest BCUT2D eigenvalue weighted by molar-refractivity contribution is 7.16. The van der Waals surface area contributed by atoms with Crippen LogP contribution in [-0.4, -0.2) is 40.4 Å². The molecule has 2 aromatic heterocycles. The van der Waals surface area contributed by atoms with Gasteiger partial charge in [0.05, 0.1) is 15.7 Å². The minimum atomic E-state index is -0.199. The van der Waals surface area contributed by atoms with Gasteiger partial charge in [0.25, 0.3) is 5.91 Å². The molecule has 0 bridgehead atoms. The second-order valence-electron chi connectivity index (χ2n) is 8.58. The number of piperidine rings is 1. The first-order chi connectivity index (χ1) is 17.1. The fourth-order valence-corrected chi connectivity index (χ4v) is 5.52. The van der Waals surface area contributed by atoms with E-state index in [1.54, 1.807) is 29.7 Å². The molecule has 0 radical (unpaired) electrons. The maximum Gasteiger partial charge on any atom is 0.255 e. The number of anilines is 1. The van der Waals surface area contributed by atoms with Crippen molar-refractivity contribution in [2.45, 2.75) is 18.8 Å². The fourth-order valence-electron chi connectivity index (χ4n) is 4.53. The molecule has 1 aliphatic rings. The lowest BCUT2D eigenvalue weighted by Gasteiger charge is -2.32. The van der Waals surface area contributed by atoms with E-state index < -0.39 is 0 Å². The molecule has 1 N–H and O–H groups in total. The number of halogens is 2. The Morgan fingerprint density at radius 2 is 1.89 bits per heavy atom. The zero-order chi connectivity index (χ0) is 24.2. The third-order valence-corrected chi connectivity index (χ3v) is 7.57. The molecule has 1 amide bonds. The normalized spacial score (nSPS) is 15.1. The second kappa shape index (κ2) is 10.9. The van der Waals surface area contributed by atoms with E-state index in [9.17, 15) is 4.79 Å². The number of carbonyl (C=O) groups is 1. The van der Waals surface area contributed by atoms with Gasteiger partial charge in [-0.2, -0.15) is 0 Å². The quantitative estimate of drug-likeness (QED) is 0.273. The molecule has 178 valence electrons. The summed E-state index contributed by atoms with van der Waals surface area (Å²) in [6.45, 7) is 2.88. The van der Waals surface area contributed by atoms with Crippen molar-refractivity contribution in [2.75, 3.05) is 25.0 Å². The highest BCUT2D eigenvalue weighted by Crippen LogP contribution is 2.39. The first-order valence-electron chi connectivity index (χ1n) is 11.5. The van der Waals surface area contributed by atoms with E-state index in [-0.39, 0.29) is 5.91 Å². The molecular weight excluding hydrogens is 499 g/mol. The second-order valence-corrected chi connectivity index (χ2v) is 10.3. The highest BCUT2D eigenvalue weighted by atomic mass is 35.5. The number of hydrogen-bond donors (Lipinski definition) is 1. The number of pyridine rings is 1. The molecule has 1 saturated heterocycles. The minimum Gasteiger partial charge on any atom is -0.322 e. The van der Waals surface area contributed by atoms with Crippen LogP contribution in [0.15, 0.2) is 66.3 Å². The standard InChI is InChI=1S/C27H24Cl2N4OS/c28-21-5-3-18(4-6-21)2-1-13-33-14-10-19(11-15-33)25-22(7-8-23-26(25)31-17-35-23)32-27(34)20-9-12-30-24(29)16-20/h1-9,12,16-17,19H,10-11,13-15H2,(H,32,34). The van der Waals surface area contributed by atoms with Crippen molar-refractivity contribution in [1.82, 2.24) is 14.9 Å². The summed E-state index contributed by atoms with van der Waals surface area (Å²) < 4.78 is 1.14. The maximum absolute atomic E-state index is 12.9. The highest BCUT2D eigenvalue weighted by Gasteiger charge is 2.26. The third-order valence-electron chi connectivity index (χ3n) is 6.32. The van der Waals surface area contributed by atoms with Crippen LogP contribution in [-0.2, 0) is 0 Å². The van der Waals surface area contributed by atoms with Gasteiger partial charge in [0.1, 0.15) is 5.15 Å². The number of nitrogens with zero attached hydrogens (tertiary/aromatic N) is 3. The van der Waals surface area contributed by atoms with Crippen LogP contribution < -0.4 is 5.32 Å². The largest absolute Gasteiger partial charge is 0.322 e. The van der Waals surface area contributed by atoms with Gasteiger partial charge in [-0.05, 0) is 73.8 Å². The van der Waals surface area contributed by atoms with Crippen LogP contribution in [0.4, 0.5) is 5.69 Å². The van der Waals surface area contributed by atoms with E-state index in [2.05, 4.69) is 32.3 Å². The lowest BCUT2D eigenvalue weighted by molar-refractivity contribution is 0.102. The third kappa shape index (κ3) is 5.73. The van der Waals surface area contributed by atoms with Gasteiger partial charge < -0.3 is 5.32 Å². The molecule has 5 rings (SSSR count). The summed E-state index contributed by atoms with van der Waals surface area (Å²) in [7, 11) is 0. The van der Waals surface area contributed by atoms with Gasteiger partial charge in [-0.15, -0.1) is 11.3 Å². The van der Waals surface area contributed by atoms with Gasteiger partial charge in [0, 0.05) is 34.6 Å². The zero-order valence-corrected chi connectivity index (χ0v) is 21.3. The van der Waals surface area contributed by atoms with Crippen LogP contribution in [0.25, 0.3) is 16.3 Å². The first kappa shape index (κ1) is 23.9. The summed E-state index contributed by atoms with van der Waals surface area (Å²) in [6.07, 6.45) is 7.90. The molecule has 0 unspecified atom stereocenters. The van der Waals surface area contributed by atoms with Gasteiger partial charge in [-0.3, -0.25) is 9.69 Å². The summed E-state index contributed by atoms with van der Waals surface area (Å²) in [5, 5.41) is 4.15. The lowest BCUT2D eigenvalue weighted by atomic mass is 9.87.